The largest absolute Gasteiger partial charge is 0.382 e. The average molecular weight is 224 g/mol. The van der Waals surface area contributed by atoms with Crippen molar-refractivity contribution in [3.05, 3.63) is 18.0 Å². The molecule has 0 aliphatic rings. The van der Waals surface area contributed by atoms with Gasteiger partial charge in [-0.05, 0) is 25.8 Å². The number of aromatic nitrogens is 2. The third-order valence-corrected chi connectivity index (χ3v) is 2.62. The summed E-state index contributed by atoms with van der Waals surface area (Å²) < 4.78 is 6.90. The Hall–Kier alpha value is -1.16. The summed E-state index contributed by atoms with van der Waals surface area (Å²) in [4.78, 5) is 11.9. The highest BCUT2D eigenvalue weighted by Crippen LogP contribution is 2.08. The topological polar surface area (TPSA) is 44.1 Å². The Morgan fingerprint density at radius 3 is 3.00 bits per heavy atom. The zero-order valence-corrected chi connectivity index (χ0v) is 10.3. The van der Waals surface area contributed by atoms with Crippen LogP contribution in [0, 0.1) is 0 Å². The molecule has 0 amide bonds. The highest BCUT2D eigenvalue weighted by Gasteiger charge is 2.12. The molecule has 0 bridgehead atoms. The number of carbonyl (C=O) groups is 1. The van der Waals surface area contributed by atoms with E-state index in [9.17, 15) is 4.79 Å². The molecule has 0 spiro atoms. The molecule has 16 heavy (non-hydrogen) atoms. The van der Waals surface area contributed by atoms with Crippen molar-refractivity contribution < 1.29 is 9.53 Å². The predicted molar refractivity (Wildman–Crippen MR) is 62.6 cm³/mol. The van der Waals surface area contributed by atoms with Crippen LogP contribution in [0.1, 0.15) is 43.6 Å². The van der Waals surface area contributed by atoms with Gasteiger partial charge in [0.15, 0.2) is 5.78 Å². The first kappa shape index (κ1) is 12.9. The number of nitrogens with zero attached hydrogens (tertiary/aromatic N) is 2. The van der Waals surface area contributed by atoms with Gasteiger partial charge in [0.2, 0.25) is 0 Å². The minimum atomic E-state index is 0.131. The number of carbonyl (C=O) groups excluding carboxylic acids is 1. The maximum atomic E-state index is 11.9. The van der Waals surface area contributed by atoms with Gasteiger partial charge in [-0.2, -0.15) is 5.10 Å². The van der Waals surface area contributed by atoms with E-state index >= 15 is 0 Å². The minimum Gasteiger partial charge on any atom is -0.382 e. The number of hydrogen-bond acceptors (Lipinski definition) is 3. The van der Waals surface area contributed by atoms with Gasteiger partial charge in [-0.15, -0.1) is 0 Å². The molecule has 0 aromatic carbocycles. The third-order valence-electron chi connectivity index (χ3n) is 2.62. The fourth-order valence-electron chi connectivity index (χ4n) is 1.54. The van der Waals surface area contributed by atoms with Crippen LogP contribution >= 0.6 is 0 Å². The standard InChI is InChI=1S/C12H20N2O2/c1-4-9-14-11(7-8-13-14)12(15)6-5-10(2)16-3/h7-8,10H,4-6,9H2,1-3H3. The summed E-state index contributed by atoms with van der Waals surface area (Å²) >= 11 is 0. The molecule has 0 N–H and O–H groups in total. The molecule has 4 nitrogen and oxygen atoms in total. The molecule has 0 aliphatic heterocycles. The summed E-state index contributed by atoms with van der Waals surface area (Å²) in [5, 5.41) is 4.14. The van der Waals surface area contributed by atoms with E-state index in [-0.39, 0.29) is 11.9 Å². The van der Waals surface area contributed by atoms with Gasteiger partial charge in [0.25, 0.3) is 0 Å². The predicted octanol–water partition coefficient (Wildman–Crippen LogP) is 2.29. The van der Waals surface area contributed by atoms with E-state index in [1.54, 1.807) is 24.1 Å². The van der Waals surface area contributed by atoms with Crippen molar-refractivity contribution in [3.8, 4) is 0 Å². The Bertz CT molecular complexity index is 334. The highest BCUT2D eigenvalue weighted by molar-refractivity contribution is 5.94. The number of ketones is 1. The maximum absolute atomic E-state index is 11.9. The van der Waals surface area contributed by atoms with E-state index in [4.69, 9.17) is 4.74 Å². The molecule has 0 fully saturated rings. The molecule has 0 saturated carbocycles. The number of Topliss-reactive ketones (excluding diaryl/α,β-unsaturated/α-hetero) is 1. The van der Waals surface area contributed by atoms with Crippen molar-refractivity contribution in [3.63, 3.8) is 0 Å². The van der Waals surface area contributed by atoms with E-state index in [1.165, 1.54) is 0 Å². The van der Waals surface area contributed by atoms with Gasteiger partial charge in [-0.25, -0.2) is 0 Å². The van der Waals surface area contributed by atoms with Crippen molar-refractivity contribution in [2.24, 2.45) is 0 Å². The van der Waals surface area contributed by atoms with Crippen molar-refractivity contribution in [1.29, 1.82) is 0 Å². The van der Waals surface area contributed by atoms with E-state index in [0.717, 1.165) is 19.4 Å². The summed E-state index contributed by atoms with van der Waals surface area (Å²) in [5.41, 5.74) is 0.713. The second kappa shape index (κ2) is 6.43. The summed E-state index contributed by atoms with van der Waals surface area (Å²) in [5.74, 6) is 0.148. The fraction of sp³-hybridized carbons (Fsp3) is 0.667. The van der Waals surface area contributed by atoms with Crippen LogP contribution in [0.3, 0.4) is 0 Å². The summed E-state index contributed by atoms with van der Waals surface area (Å²) in [6.07, 6.45) is 4.07. The van der Waals surface area contributed by atoms with Crippen molar-refractivity contribution in [2.45, 2.75) is 45.8 Å². The fourth-order valence-corrected chi connectivity index (χ4v) is 1.54. The molecule has 1 unspecified atom stereocenters. The normalized spacial score (nSPS) is 12.7. The van der Waals surface area contributed by atoms with Crippen molar-refractivity contribution in [2.75, 3.05) is 7.11 Å². The molecule has 1 heterocycles. The molecular formula is C12H20N2O2. The zero-order chi connectivity index (χ0) is 12.0. The molecular weight excluding hydrogens is 204 g/mol. The second-order valence-corrected chi connectivity index (χ2v) is 3.95. The van der Waals surface area contributed by atoms with Crippen LogP contribution in [0.15, 0.2) is 12.3 Å². The van der Waals surface area contributed by atoms with Crippen molar-refractivity contribution in [1.82, 2.24) is 9.78 Å². The van der Waals surface area contributed by atoms with Crippen LogP contribution in [0.25, 0.3) is 0 Å². The van der Waals surface area contributed by atoms with Crippen LogP contribution < -0.4 is 0 Å². The molecule has 0 saturated heterocycles. The highest BCUT2D eigenvalue weighted by atomic mass is 16.5. The first-order valence-electron chi connectivity index (χ1n) is 5.76. The number of ether oxygens (including phenoxy) is 1. The molecule has 0 radical (unpaired) electrons. The number of rotatable bonds is 7. The smallest absolute Gasteiger partial charge is 0.180 e. The van der Waals surface area contributed by atoms with Crippen LogP contribution in [0.2, 0.25) is 0 Å². The molecule has 0 aliphatic carbocycles. The molecule has 1 atom stereocenters. The van der Waals surface area contributed by atoms with E-state index in [0.29, 0.717) is 12.1 Å². The average Bonchev–Trinajstić information content (AvgIpc) is 2.74. The van der Waals surface area contributed by atoms with Crippen LogP contribution in [-0.4, -0.2) is 28.8 Å². The Labute approximate surface area is 96.6 Å². The Balaban J connectivity index is 2.55. The van der Waals surface area contributed by atoms with E-state index in [2.05, 4.69) is 12.0 Å². The molecule has 1 aromatic rings. The summed E-state index contributed by atoms with van der Waals surface area (Å²) in [6, 6.07) is 1.79. The lowest BCUT2D eigenvalue weighted by atomic mass is 10.1. The molecule has 1 rings (SSSR count). The Morgan fingerprint density at radius 1 is 1.62 bits per heavy atom. The lowest BCUT2D eigenvalue weighted by Gasteiger charge is -2.09. The SMILES string of the molecule is CCCn1nccc1C(=O)CCC(C)OC. The van der Waals surface area contributed by atoms with Gasteiger partial charge in [0.05, 0.1) is 6.10 Å². The second-order valence-electron chi connectivity index (χ2n) is 3.95. The summed E-state index contributed by atoms with van der Waals surface area (Å²) in [7, 11) is 1.66. The Kier molecular flexibility index (Phi) is 5.19. The molecule has 1 aromatic heterocycles. The lowest BCUT2D eigenvalue weighted by Crippen LogP contribution is -2.13. The maximum Gasteiger partial charge on any atom is 0.180 e. The number of hydrogen-bond donors (Lipinski definition) is 0. The minimum absolute atomic E-state index is 0.131. The molecule has 4 heteroatoms. The van der Waals surface area contributed by atoms with E-state index in [1.807, 2.05) is 6.92 Å². The lowest BCUT2D eigenvalue weighted by molar-refractivity contribution is 0.0869. The third kappa shape index (κ3) is 3.45. The number of aryl methyl sites for hydroxylation is 1. The van der Waals surface area contributed by atoms with Crippen LogP contribution in [0.5, 0.6) is 0 Å². The molecule has 90 valence electrons. The quantitative estimate of drug-likeness (QED) is 0.667. The van der Waals surface area contributed by atoms with Crippen molar-refractivity contribution >= 4 is 5.78 Å². The van der Waals surface area contributed by atoms with Gasteiger partial charge < -0.3 is 4.74 Å². The summed E-state index contributed by atoms with van der Waals surface area (Å²) in [6.45, 7) is 4.84. The zero-order valence-electron chi connectivity index (χ0n) is 10.3. The van der Waals surface area contributed by atoms with Gasteiger partial charge in [-0.3, -0.25) is 9.48 Å². The van der Waals surface area contributed by atoms with Crippen LogP contribution in [0.4, 0.5) is 0 Å². The van der Waals surface area contributed by atoms with Gasteiger partial charge >= 0.3 is 0 Å². The Morgan fingerprint density at radius 2 is 2.38 bits per heavy atom. The van der Waals surface area contributed by atoms with Gasteiger partial charge in [0, 0.05) is 26.3 Å². The number of methoxy groups -OCH3 is 1. The van der Waals surface area contributed by atoms with Gasteiger partial charge in [0.1, 0.15) is 5.69 Å². The first-order valence-corrected chi connectivity index (χ1v) is 5.76. The first-order chi connectivity index (χ1) is 7.69. The monoisotopic (exact) mass is 224 g/mol. The van der Waals surface area contributed by atoms with E-state index < -0.39 is 0 Å². The van der Waals surface area contributed by atoms with Crippen LogP contribution in [-0.2, 0) is 11.3 Å². The van der Waals surface area contributed by atoms with Gasteiger partial charge in [-0.1, -0.05) is 6.92 Å².